The Morgan fingerprint density at radius 1 is 1.71 bits per heavy atom. The molecule has 0 fully saturated rings. The molecule has 6 heteroatoms. The van der Waals surface area contributed by atoms with E-state index in [1.807, 2.05) is 6.92 Å². The molecule has 0 aliphatic carbocycles. The van der Waals surface area contributed by atoms with Crippen LogP contribution in [0.3, 0.4) is 0 Å². The highest BCUT2D eigenvalue weighted by Gasteiger charge is 2.15. The van der Waals surface area contributed by atoms with Crippen LogP contribution >= 0.6 is 11.8 Å². The van der Waals surface area contributed by atoms with Crippen LogP contribution < -0.4 is 11.1 Å². The fourth-order valence-corrected chi connectivity index (χ4v) is 1.79. The molecule has 0 saturated heterocycles. The number of H-pyrrole nitrogens is 1. The molecule has 0 atom stereocenters. The summed E-state index contributed by atoms with van der Waals surface area (Å²) in [6, 6.07) is 0. The number of nitrogens with one attached hydrogen (secondary N) is 2. The van der Waals surface area contributed by atoms with Gasteiger partial charge in [0.1, 0.15) is 0 Å². The van der Waals surface area contributed by atoms with E-state index in [0.717, 1.165) is 17.9 Å². The Labute approximate surface area is 105 Å². The van der Waals surface area contributed by atoms with E-state index in [9.17, 15) is 4.79 Å². The van der Waals surface area contributed by atoms with Gasteiger partial charge in [0.05, 0.1) is 17.1 Å². The molecule has 1 heterocycles. The molecule has 1 rings (SSSR count). The normalized spacial score (nSPS) is 9.88. The zero-order valence-corrected chi connectivity index (χ0v) is 10.6. The first-order valence-corrected chi connectivity index (χ1v) is 6.48. The van der Waals surface area contributed by atoms with Gasteiger partial charge in [0.2, 0.25) is 0 Å². The Morgan fingerprint density at radius 3 is 3.06 bits per heavy atom. The summed E-state index contributed by atoms with van der Waals surface area (Å²) in [7, 11) is 0. The maximum Gasteiger partial charge on any atom is 0.273 e. The molecule has 5 nitrogen and oxygen atoms in total. The van der Waals surface area contributed by atoms with Crippen LogP contribution in [-0.4, -0.2) is 34.2 Å². The molecule has 0 unspecified atom stereocenters. The number of terminal acetylenes is 1. The first kappa shape index (κ1) is 13.5. The second kappa shape index (κ2) is 6.86. The summed E-state index contributed by atoms with van der Waals surface area (Å²) in [5, 5.41) is 9.39. The summed E-state index contributed by atoms with van der Waals surface area (Å²) >= 11 is 1.59. The number of carbonyl (C=O) groups excluding carboxylic acids is 1. The lowest BCUT2D eigenvalue weighted by molar-refractivity contribution is 0.0952. The monoisotopic (exact) mass is 252 g/mol. The summed E-state index contributed by atoms with van der Waals surface area (Å²) in [6.07, 6.45) is 5.84. The van der Waals surface area contributed by atoms with Gasteiger partial charge in [-0.25, -0.2) is 0 Å². The number of aromatic nitrogens is 2. The van der Waals surface area contributed by atoms with Gasteiger partial charge in [-0.15, -0.1) is 18.2 Å². The Kier molecular flexibility index (Phi) is 5.43. The van der Waals surface area contributed by atoms with Crippen molar-refractivity contribution in [1.82, 2.24) is 15.5 Å². The second-order valence-corrected chi connectivity index (χ2v) is 4.44. The Hall–Kier alpha value is -1.61. The summed E-state index contributed by atoms with van der Waals surface area (Å²) < 4.78 is 0. The van der Waals surface area contributed by atoms with Crippen molar-refractivity contribution >= 4 is 23.4 Å². The van der Waals surface area contributed by atoms with Crippen LogP contribution in [-0.2, 0) is 6.42 Å². The number of amides is 1. The highest BCUT2D eigenvalue weighted by atomic mass is 32.2. The fourth-order valence-electron chi connectivity index (χ4n) is 1.28. The van der Waals surface area contributed by atoms with Crippen LogP contribution in [0.2, 0.25) is 0 Å². The van der Waals surface area contributed by atoms with Crippen molar-refractivity contribution in [2.45, 2.75) is 13.3 Å². The molecule has 1 aromatic rings. The lowest BCUT2D eigenvalue weighted by Gasteiger charge is -2.02. The Bertz CT molecular complexity index is 422. The minimum Gasteiger partial charge on any atom is -0.395 e. The van der Waals surface area contributed by atoms with Gasteiger partial charge in [-0.2, -0.15) is 5.10 Å². The van der Waals surface area contributed by atoms with Gasteiger partial charge in [0, 0.05) is 12.3 Å². The van der Waals surface area contributed by atoms with Crippen LogP contribution in [0.25, 0.3) is 0 Å². The number of aromatic amines is 1. The molecule has 92 valence electrons. The van der Waals surface area contributed by atoms with Gasteiger partial charge in [-0.05, 0) is 6.42 Å². The van der Waals surface area contributed by atoms with Crippen molar-refractivity contribution in [3.8, 4) is 12.3 Å². The predicted octanol–water partition coefficient (Wildman–Crippen LogP) is 0.650. The second-order valence-electron chi connectivity index (χ2n) is 3.33. The third-order valence-corrected chi connectivity index (χ3v) is 3.03. The predicted molar refractivity (Wildman–Crippen MR) is 70.9 cm³/mol. The molecule has 1 aromatic heterocycles. The number of nitrogens with two attached hydrogens (primary N) is 1. The summed E-state index contributed by atoms with van der Waals surface area (Å²) in [5.74, 6) is 3.70. The van der Waals surface area contributed by atoms with Crippen molar-refractivity contribution in [1.29, 1.82) is 0 Å². The summed E-state index contributed by atoms with van der Waals surface area (Å²) in [4.78, 5) is 11.7. The van der Waals surface area contributed by atoms with Crippen molar-refractivity contribution in [3.05, 3.63) is 11.4 Å². The van der Waals surface area contributed by atoms with Crippen LogP contribution in [0, 0.1) is 12.3 Å². The number of nitrogens with zero attached hydrogens (tertiary/aromatic N) is 1. The fraction of sp³-hybridized carbons (Fsp3) is 0.455. The van der Waals surface area contributed by atoms with Crippen molar-refractivity contribution in [2.24, 2.45) is 0 Å². The van der Waals surface area contributed by atoms with Gasteiger partial charge in [0.25, 0.3) is 5.91 Å². The van der Waals surface area contributed by atoms with Gasteiger partial charge in [-0.3, -0.25) is 9.89 Å². The number of hydrogen-bond acceptors (Lipinski definition) is 4. The topological polar surface area (TPSA) is 83.8 Å². The molecule has 0 bridgehead atoms. The molecule has 0 aromatic carbocycles. The average molecular weight is 252 g/mol. The number of rotatable bonds is 6. The zero-order chi connectivity index (χ0) is 12.7. The van der Waals surface area contributed by atoms with E-state index in [1.54, 1.807) is 11.8 Å². The number of aryl methyl sites for hydroxylation is 1. The van der Waals surface area contributed by atoms with Gasteiger partial charge in [0.15, 0.2) is 5.69 Å². The smallest absolute Gasteiger partial charge is 0.273 e. The quantitative estimate of drug-likeness (QED) is 0.513. The summed E-state index contributed by atoms with van der Waals surface area (Å²) in [6.45, 7) is 2.50. The number of hydrogen-bond donors (Lipinski definition) is 3. The van der Waals surface area contributed by atoms with E-state index in [0.29, 0.717) is 18.0 Å². The number of thioether (sulfide) groups is 1. The molecular formula is C11H16N4OS. The minimum absolute atomic E-state index is 0.250. The van der Waals surface area contributed by atoms with E-state index in [4.69, 9.17) is 12.2 Å². The highest BCUT2D eigenvalue weighted by Crippen LogP contribution is 2.13. The van der Waals surface area contributed by atoms with Crippen LogP contribution in [0.15, 0.2) is 0 Å². The van der Waals surface area contributed by atoms with Gasteiger partial charge >= 0.3 is 0 Å². The van der Waals surface area contributed by atoms with Crippen LogP contribution in [0.4, 0.5) is 5.69 Å². The molecule has 1 amide bonds. The van der Waals surface area contributed by atoms with E-state index in [1.165, 1.54) is 0 Å². The van der Waals surface area contributed by atoms with E-state index < -0.39 is 0 Å². The average Bonchev–Trinajstić information content (AvgIpc) is 2.70. The van der Waals surface area contributed by atoms with E-state index >= 15 is 0 Å². The number of carbonyl (C=O) groups is 1. The number of nitrogen functional groups attached to an aromatic ring is 1. The zero-order valence-electron chi connectivity index (χ0n) is 9.75. The third kappa shape index (κ3) is 3.71. The van der Waals surface area contributed by atoms with Crippen molar-refractivity contribution < 1.29 is 4.79 Å². The molecule has 0 radical (unpaired) electrons. The van der Waals surface area contributed by atoms with Crippen LogP contribution in [0.5, 0.6) is 0 Å². The molecule has 4 N–H and O–H groups in total. The minimum atomic E-state index is -0.250. The highest BCUT2D eigenvalue weighted by molar-refractivity contribution is 7.99. The standard InChI is InChI=1S/C11H16N4OS/c1-3-6-17-7-5-13-11(16)10-9(12)8(4-2)14-15-10/h1H,4-7,12H2,2H3,(H,13,16)(H,14,15). The molecule has 17 heavy (non-hydrogen) atoms. The molecule has 0 aliphatic heterocycles. The molecule has 0 spiro atoms. The van der Waals surface area contributed by atoms with Crippen molar-refractivity contribution in [2.75, 3.05) is 23.8 Å². The summed E-state index contributed by atoms with van der Waals surface area (Å²) in [5.41, 5.74) is 7.27. The first-order chi connectivity index (χ1) is 8.20. The molecule has 0 aliphatic rings. The third-order valence-electron chi connectivity index (χ3n) is 2.17. The van der Waals surface area contributed by atoms with Gasteiger partial charge in [-0.1, -0.05) is 12.8 Å². The SMILES string of the molecule is C#CCSCCNC(=O)c1n[nH]c(CC)c1N. The molecule has 0 saturated carbocycles. The Morgan fingerprint density at radius 2 is 2.47 bits per heavy atom. The van der Waals surface area contributed by atoms with E-state index in [-0.39, 0.29) is 11.6 Å². The number of anilines is 1. The lowest BCUT2D eigenvalue weighted by Crippen LogP contribution is -2.26. The molecular weight excluding hydrogens is 236 g/mol. The van der Waals surface area contributed by atoms with Crippen molar-refractivity contribution in [3.63, 3.8) is 0 Å². The Balaban J connectivity index is 2.42. The largest absolute Gasteiger partial charge is 0.395 e. The van der Waals surface area contributed by atoms with Gasteiger partial charge < -0.3 is 11.1 Å². The maximum atomic E-state index is 11.7. The first-order valence-electron chi connectivity index (χ1n) is 5.32. The lowest BCUT2D eigenvalue weighted by atomic mass is 10.2. The maximum absolute atomic E-state index is 11.7. The van der Waals surface area contributed by atoms with E-state index in [2.05, 4.69) is 21.4 Å². The van der Waals surface area contributed by atoms with Crippen LogP contribution in [0.1, 0.15) is 23.1 Å².